The average Bonchev–Trinajstić information content (AvgIpc) is 2.79. The van der Waals surface area contributed by atoms with Gasteiger partial charge in [0.1, 0.15) is 18.0 Å². The number of esters is 1. The van der Waals surface area contributed by atoms with Crippen molar-refractivity contribution < 1.29 is 23.9 Å². The Hall–Kier alpha value is -3.41. The molecule has 0 radical (unpaired) electrons. The maximum atomic E-state index is 13.1. The van der Waals surface area contributed by atoms with Gasteiger partial charge >= 0.3 is 12.1 Å². The first kappa shape index (κ1) is 26.8. The van der Waals surface area contributed by atoms with Crippen LogP contribution in [0.15, 0.2) is 73.3 Å². The average molecular weight is 466 g/mol. The van der Waals surface area contributed by atoms with E-state index < -0.39 is 29.5 Å². The normalized spacial score (nSPS) is 12.8. The monoisotopic (exact) mass is 465 g/mol. The highest BCUT2D eigenvalue weighted by molar-refractivity contribution is 5.86. The Morgan fingerprint density at radius 2 is 1.50 bits per heavy atom. The van der Waals surface area contributed by atoms with E-state index in [-0.39, 0.29) is 31.9 Å². The second-order valence-electron chi connectivity index (χ2n) is 9.29. The summed E-state index contributed by atoms with van der Waals surface area (Å²) < 4.78 is 11.1. The number of nitrogens with zero attached hydrogens (tertiary/aromatic N) is 1. The number of ether oxygens (including phenoxy) is 2. The van der Waals surface area contributed by atoms with Crippen LogP contribution in [-0.4, -0.2) is 34.9 Å². The molecule has 0 spiro atoms. The van der Waals surface area contributed by atoms with Crippen LogP contribution in [0.4, 0.5) is 4.79 Å². The molecule has 0 aromatic heterocycles. The van der Waals surface area contributed by atoms with Crippen LogP contribution in [0.2, 0.25) is 0 Å². The lowest BCUT2D eigenvalue weighted by Crippen LogP contribution is -2.43. The molecule has 0 heterocycles. The molecule has 6 nitrogen and oxygen atoms in total. The third-order valence-corrected chi connectivity index (χ3v) is 5.23. The standard InChI is InChI=1S/C28H35NO5/c1-6-13-24(26(31)34-28(3,4)5)25(21(2)30)19-29(18-22-14-9-7-10-15-22)27(32)33-20-23-16-11-8-12-17-23/h6-12,14-17,24-25H,1,13,18-20H2,2-5H3. The molecule has 2 aromatic carbocycles. The topological polar surface area (TPSA) is 72.9 Å². The highest BCUT2D eigenvalue weighted by atomic mass is 16.6. The molecule has 0 aliphatic rings. The number of ketones is 1. The number of hydrogen-bond donors (Lipinski definition) is 0. The molecule has 2 aromatic rings. The van der Waals surface area contributed by atoms with E-state index in [1.54, 1.807) is 26.8 Å². The van der Waals surface area contributed by atoms with E-state index in [0.29, 0.717) is 0 Å². The van der Waals surface area contributed by atoms with Crippen LogP contribution >= 0.6 is 0 Å². The molecule has 0 N–H and O–H groups in total. The van der Waals surface area contributed by atoms with Crippen LogP contribution in [0.1, 0.15) is 45.2 Å². The molecule has 2 atom stereocenters. The first-order valence-electron chi connectivity index (χ1n) is 11.4. The summed E-state index contributed by atoms with van der Waals surface area (Å²) in [6.45, 7) is 10.9. The van der Waals surface area contributed by atoms with Gasteiger partial charge in [-0.1, -0.05) is 66.7 Å². The van der Waals surface area contributed by atoms with E-state index >= 15 is 0 Å². The first-order valence-corrected chi connectivity index (χ1v) is 11.4. The van der Waals surface area contributed by atoms with Gasteiger partial charge in [-0.05, 0) is 45.2 Å². The van der Waals surface area contributed by atoms with E-state index in [2.05, 4.69) is 6.58 Å². The lowest BCUT2D eigenvalue weighted by Gasteiger charge is -2.31. The Bertz CT molecular complexity index is 950. The van der Waals surface area contributed by atoms with Crippen molar-refractivity contribution in [3.63, 3.8) is 0 Å². The van der Waals surface area contributed by atoms with Crippen molar-refractivity contribution in [1.82, 2.24) is 4.90 Å². The molecule has 0 aliphatic heterocycles. The van der Waals surface area contributed by atoms with Crippen LogP contribution in [-0.2, 0) is 32.2 Å². The van der Waals surface area contributed by atoms with Crippen molar-refractivity contribution in [2.45, 2.75) is 52.9 Å². The maximum Gasteiger partial charge on any atom is 0.410 e. The number of carbonyl (C=O) groups excluding carboxylic acids is 3. The number of Topliss-reactive ketones (excluding diaryl/α,β-unsaturated/α-hetero) is 1. The van der Waals surface area contributed by atoms with Crippen LogP contribution in [0, 0.1) is 11.8 Å². The van der Waals surface area contributed by atoms with E-state index in [0.717, 1.165) is 11.1 Å². The van der Waals surface area contributed by atoms with Crippen LogP contribution < -0.4 is 0 Å². The quantitative estimate of drug-likeness (QED) is 0.321. The summed E-state index contributed by atoms with van der Waals surface area (Å²) in [5.41, 5.74) is 1.05. The molecule has 0 fully saturated rings. The number of hydrogen-bond acceptors (Lipinski definition) is 5. The van der Waals surface area contributed by atoms with Crippen molar-refractivity contribution in [1.29, 1.82) is 0 Å². The summed E-state index contributed by atoms with van der Waals surface area (Å²) in [6, 6.07) is 18.8. The van der Waals surface area contributed by atoms with Gasteiger partial charge in [-0.2, -0.15) is 0 Å². The fourth-order valence-electron chi connectivity index (χ4n) is 3.58. The number of benzene rings is 2. The first-order chi connectivity index (χ1) is 16.1. The molecular weight excluding hydrogens is 430 g/mol. The molecule has 6 heteroatoms. The third kappa shape index (κ3) is 8.85. The molecule has 0 saturated heterocycles. The smallest absolute Gasteiger partial charge is 0.410 e. The summed E-state index contributed by atoms with van der Waals surface area (Å²) in [5, 5.41) is 0. The van der Waals surface area contributed by atoms with Gasteiger partial charge in [0, 0.05) is 19.0 Å². The zero-order valence-corrected chi connectivity index (χ0v) is 20.5. The summed E-state index contributed by atoms with van der Waals surface area (Å²) >= 11 is 0. The largest absolute Gasteiger partial charge is 0.460 e. The van der Waals surface area contributed by atoms with Crippen molar-refractivity contribution in [3.05, 3.63) is 84.4 Å². The minimum absolute atomic E-state index is 0.0234. The van der Waals surface area contributed by atoms with Crippen LogP contribution in [0.3, 0.4) is 0 Å². The molecule has 2 rings (SSSR count). The van der Waals surface area contributed by atoms with Crippen LogP contribution in [0.25, 0.3) is 0 Å². The second kappa shape index (κ2) is 12.7. The lowest BCUT2D eigenvalue weighted by molar-refractivity contribution is -0.163. The number of carbonyl (C=O) groups is 3. The van der Waals surface area contributed by atoms with Gasteiger partial charge in [-0.15, -0.1) is 6.58 Å². The van der Waals surface area contributed by atoms with Crippen molar-refractivity contribution >= 4 is 17.8 Å². The lowest BCUT2D eigenvalue weighted by atomic mass is 9.85. The number of rotatable bonds is 11. The van der Waals surface area contributed by atoms with Crippen LogP contribution in [0.5, 0.6) is 0 Å². The van der Waals surface area contributed by atoms with Gasteiger partial charge < -0.3 is 14.4 Å². The molecule has 34 heavy (non-hydrogen) atoms. The predicted octanol–water partition coefficient (Wildman–Crippen LogP) is 5.56. The van der Waals surface area contributed by atoms with Gasteiger partial charge in [-0.25, -0.2) is 4.79 Å². The predicted molar refractivity (Wildman–Crippen MR) is 132 cm³/mol. The van der Waals surface area contributed by atoms with Gasteiger partial charge in [0.05, 0.1) is 5.92 Å². The highest BCUT2D eigenvalue weighted by Gasteiger charge is 2.36. The molecule has 0 saturated carbocycles. The fraction of sp³-hybridized carbons (Fsp3) is 0.393. The Labute approximate surface area is 202 Å². The third-order valence-electron chi connectivity index (χ3n) is 5.23. The maximum absolute atomic E-state index is 13.1. The zero-order chi connectivity index (χ0) is 25.1. The van der Waals surface area contributed by atoms with Crippen molar-refractivity contribution in [3.8, 4) is 0 Å². The summed E-state index contributed by atoms with van der Waals surface area (Å²) in [4.78, 5) is 40.2. The molecule has 182 valence electrons. The molecule has 2 unspecified atom stereocenters. The summed E-state index contributed by atoms with van der Waals surface area (Å²) in [7, 11) is 0. The minimum atomic E-state index is -0.763. The molecule has 0 bridgehead atoms. The Morgan fingerprint density at radius 1 is 0.941 bits per heavy atom. The SMILES string of the molecule is C=CCC(C(=O)OC(C)(C)C)C(CN(Cc1ccccc1)C(=O)OCc1ccccc1)C(C)=O. The minimum Gasteiger partial charge on any atom is -0.460 e. The Morgan fingerprint density at radius 3 is 2.00 bits per heavy atom. The zero-order valence-electron chi connectivity index (χ0n) is 20.5. The van der Waals surface area contributed by atoms with Gasteiger partial charge in [-0.3, -0.25) is 9.59 Å². The number of amides is 1. The fourth-order valence-corrected chi connectivity index (χ4v) is 3.58. The number of allylic oxidation sites excluding steroid dienone is 1. The van der Waals surface area contributed by atoms with Crippen molar-refractivity contribution in [2.75, 3.05) is 6.54 Å². The van der Waals surface area contributed by atoms with E-state index in [1.807, 2.05) is 60.7 Å². The Balaban J connectivity index is 2.27. The summed E-state index contributed by atoms with van der Waals surface area (Å²) in [6.07, 6.45) is 1.30. The van der Waals surface area contributed by atoms with E-state index in [1.165, 1.54) is 11.8 Å². The molecular formula is C28H35NO5. The highest BCUT2D eigenvalue weighted by Crippen LogP contribution is 2.25. The molecule has 1 amide bonds. The summed E-state index contributed by atoms with van der Waals surface area (Å²) in [5.74, 6) is -2.20. The van der Waals surface area contributed by atoms with Gasteiger partial charge in [0.25, 0.3) is 0 Å². The van der Waals surface area contributed by atoms with Gasteiger partial charge in [0.2, 0.25) is 0 Å². The van der Waals surface area contributed by atoms with E-state index in [9.17, 15) is 14.4 Å². The van der Waals surface area contributed by atoms with Crippen molar-refractivity contribution in [2.24, 2.45) is 11.8 Å². The van der Waals surface area contributed by atoms with Gasteiger partial charge in [0.15, 0.2) is 0 Å². The molecule has 0 aliphatic carbocycles. The Kier molecular flexibility index (Phi) is 10.0. The van der Waals surface area contributed by atoms with E-state index in [4.69, 9.17) is 9.47 Å². The second-order valence-corrected chi connectivity index (χ2v) is 9.29.